The molecule has 29 heavy (non-hydrogen) atoms. The summed E-state index contributed by atoms with van der Waals surface area (Å²) in [4.78, 5) is 31.0. The molecule has 0 bridgehead atoms. The molecule has 152 valence electrons. The van der Waals surface area contributed by atoms with Gasteiger partial charge in [-0.1, -0.05) is 36.4 Å². The average molecular weight is 411 g/mol. The summed E-state index contributed by atoms with van der Waals surface area (Å²) in [6, 6.07) is 14.0. The van der Waals surface area contributed by atoms with Gasteiger partial charge in [-0.3, -0.25) is 14.5 Å². The third kappa shape index (κ3) is 5.10. The molecule has 0 spiro atoms. The van der Waals surface area contributed by atoms with Crippen molar-refractivity contribution in [3.8, 4) is 0 Å². The predicted molar refractivity (Wildman–Crippen MR) is 114 cm³/mol. The maximum absolute atomic E-state index is 13.1. The highest BCUT2D eigenvalue weighted by Crippen LogP contribution is 2.17. The second-order valence-electron chi connectivity index (χ2n) is 7.48. The maximum Gasteiger partial charge on any atom is 0.270 e. The Hall–Kier alpha value is -2.51. The number of hydrogen-bond donors (Lipinski definition) is 0. The Morgan fingerprint density at radius 1 is 0.966 bits per heavy atom. The van der Waals surface area contributed by atoms with E-state index < -0.39 is 0 Å². The lowest BCUT2D eigenvalue weighted by Crippen LogP contribution is -2.42. The minimum atomic E-state index is -0.0246. The van der Waals surface area contributed by atoms with Crippen LogP contribution in [0.3, 0.4) is 0 Å². The summed E-state index contributed by atoms with van der Waals surface area (Å²) in [5, 5.41) is 8.00. The van der Waals surface area contributed by atoms with Crippen LogP contribution in [-0.2, 0) is 22.7 Å². The molecule has 4 rings (SSSR count). The molecule has 1 aromatic heterocycles. The van der Waals surface area contributed by atoms with Crippen LogP contribution in [0, 0.1) is 0 Å². The molecule has 1 saturated heterocycles. The Morgan fingerprint density at radius 3 is 2.62 bits per heavy atom. The maximum atomic E-state index is 13.1. The van der Waals surface area contributed by atoms with Gasteiger partial charge in [0.15, 0.2) is 0 Å². The van der Waals surface area contributed by atoms with E-state index in [9.17, 15) is 9.59 Å². The monoisotopic (exact) mass is 410 g/mol. The molecule has 2 amide bonds. The highest BCUT2D eigenvalue weighted by Gasteiger charge is 2.28. The zero-order chi connectivity index (χ0) is 20.1. The van der Waals surface area contributed by atoms with Crippen molar-refractivity contribution in [2.45, 2.75) is 32.4 Å². The van der Waals surface area contributed by atoms with Crippen LogP contribution in [0.1, 0.15) is 29.7 Å². The number of carbonyl (C=O) groups is 2. The molecule has 3 heterocycles. The zero-order valence-corrected chi connectivity index (χ0v) is 17.3. The van der Waals surface area contributed by atoms with E-state index in [1.165, 1.54) is 9.89 Å². The third-order valence-electron chi connectivity index (χ3n) is 5.36. The van der Waals surface area contributed by atoms with E-state index in [2.05, 4.69) is 27.5 Å². The number of amides is 2. The standard InChI is InChI=1S/C22H26N4O2S/c27-21-10-9-20(23-26(21)16-18-6-2-1-3-7-18)22(28)25-12-5-11-24(13-14-25)17-19-8-4-15-29-19/h1-4,6-8,15H,5,9-14,16-17H2. The van der Waals surface area contributed by atoms with Crippen molar-refractivity contribution in [3.63, 3.8) is 0 Å². The molecule has 0 saturated carbocycles. The second-order valence-corrected chi connectivity index (χ2v) is 8.52. The van der Waals surface area contributed by atoms with Gasteiger partial charge in [0.2, 0.25) is 5.91 Å². The molecular formula is C22H26N4O2S. The van der Waals surface area contributed by atoms with Crippen LogP contribution in [-0.4, -0.2) is 58.5 Å². The molecule has 0 radical (unpaired) electrons. The van der Waals surface area contributed by atoms with Crippen molar-refractivity contribution in [1.82, 2.24) is 14.8 Å². The van der Waals surface area contributed by atoms with Gasteiger partial charge in [-0.2, -0.15) is 5.10 Å². The first-order chi connectivity index (χ1) is 14.2. The molecule has 0 N–H and O–H groups in total. The van der Waals surface area contributed by atoms with E-state index >= 15 is 0 Å². The van der Waals surface area contributed by atoms with E-state index in [0.717, 1.165) is 38.2 Å². The van der Waals surface area contributed by atoms with E-state index in [-0.39, 0.29) is 11.8 Å². The lowest BCUT2D eigenvalue weighted by molar-refractivity contribution is -0.132. The molecule has 0 atom stereocenters. The summed E-state index contributed by atoms with van der Waals surface area (Å²) < 4.78 is 0. The lowest BCUT2D eigenvalue weighted by atomic mass is 10.1. The van der Waals surface area contributed by atoms with E-state index in [1.54, 1.807) is 11.3 Å². The highest BCUT2D eigenvalue weighted by atomic mass is 32.1. The Labute approximate surface area is 175 Å². The first kappa shape index (κ1) is 19.8. The number of hydrazone groups is 1. The quantitative estimate of drug-likeness (QED) is 0.762. The van der Waals surface area contributed by atoms with E-state index in [4.69, 9.17) is 0 Å². The van der Waals surface area contributed by atoms with Gasteiger partial charge in [0.05, 0.1) is 6.54 Å². The van der Waals surface area contributed by atoms with Gasteiger partial charge in [-0.05, 0) is 23.4 Å². The van der Waals surface area contributed by atoms with Crippen LogP contribution < -0.4 is 0 Å². The molecule has 0 aliphatic carbocycles. The van der Waals surface area contributed by atoms with Crippen LogP contribution in [0.5, 0.6) is 0 Å². The molecule has 6 nitrogen and oxygen atoms in total. The van der Waals surface area contributed by atoms with Crippen molar-refractivity contribution in [1.29, 1.82) is 0 Å². The third-order valence-corrected chi connectivity index (χ3v) is 6.22. The van der Waals surface area contributed by atoms with Gasteiger partial charge in [0.25, 0.3) is 5.91 Å². The minimum Gasteiger partial charge on any atom is -0.336 e. The van der Waals surface area contributed by atoms with Crippen LogP contribution in [0.4, 0.5) is 0 Å². The van der Waals surface area contributed by atoms with Crippen LogP contribution in [0.2, 0.25) is 0 Å². The first-order valence-electron chi connectivity index (χ1n) is 10.1. The predicted octanol–water partition coefficient (Wildman–Crippen LogP) is 2.96. The highest BCUT2D eigenvalue weighted by molar-refractivity contribution is 7.09. The Balaban J connectivity index is 1.38. The molecule has 1 fully saturated rings. The average Bonchev–Trinajstić information content (AvgIpc) is 3.14. The minimum absolute atomic E-state index is 0.0199. The summed E-state index contributed by atoms with van der Waals surface area (Å²) in [5.41, 5.74) is 1.52. The molecule has 2 aliphatic heterocycles. The van der Waals surface area contributed by atoms with Gasteiger partial charge >= 0.3 is 0 Å². The number of carbonyl (C=O) groups excluding carboxylic acids is 2. The summed E-state index contributed by atoms with van der Waals surface area (Å²) >= 11 is 1.78. The van der Waals surface area contributed by atoms with Crippen molar-refractivity contribution in [2.24, 2.45) is 5.10 Å². The van der Waals surface area contributed by atoms with E-state index in [1.807, 2.05) is 35.2 Å². The molecular weight excluding hydrogens is 384 g/mol. The van der Waals surface area contributed by atoms with Crippen LogP contribution in [0.15, 0.2) is 52.9 Å². The van der Waals surface area contributed by atoms with Crippen LogP contribution >= 0.6 is 11.3 Å². The zero-order valence-electron chi connectivity index (χ0n) is 16.5. The molecule has 0 unspecified atom stereocenters. The second kappa shape index (κ2) is 9.33. The Morgan fingerprint density at radius 2 is 1.83 bits per heavy atom. The Bertz CT molecular complexity index is 866. The molecule has 7 heteroatoms. The normalized spacial score (nSPS) is 18.5. The fraction of sp³-hybridized carbons (Fsp3) is 0.409. The SMILES string of the molecule is O=C(C1=NN(Cc2ccccc2)C(=O)CC1)N1CCCN(Cc2cccs2)CC1. The summed E-state index contributed by atoms with van der Waals surface area (Å²) in [6.07, 6.45) is 1.73. The number of benzene rings is 1. The van der Waals surface area contributed by atoms with Gasteiger partial charge in [0.1, 0.15) is 5.71 Å². The lowest BCUT2D eigenvalue weighted by Gasteiger charge is -2.27. The topological polar surface area (TPSA) is 56.2 Å². The molecule has 2 aromatic rings. The molecule has 1 aromatic carbocycles. The first-order valence-corrected chi connectivity index (χ1v) is 11.0. The fourth-order valence-electron chi connectivity index (χ4n) is 3.77. The molecule has 2 aliphatic rings. The van der Waals surface area contributed by atoms with Crippen molar-refractivity contribution >= 4 is 28.9 Å². The van der Waals surface area contributed by atoms with Crippen molar-refractivity contribution in [3.05, 3.63) is 58.3 Å². The van der Waals surface area contributed by atoms with E-state index in [0.29, 0.717) is 31.6 Å². The number of rotatable bonds is 5. The fourth-order valence-corrected chi connectivity index (χ4v) is 4.52. The summed E-state index contributed by atoms with van der Waals surface area (Å²) in [7, 11) is 0. The number of thiophene rings is 1. The van der Waals surface area contributed by atoms with Gasteiger partial charge in [-0.25, -0.2) is 5.01 Å². The largest absolute Gasteiger partial charge is 0.336 e. The van der Waals surface area contributed by atoms with Gasteiger partial charge < -0.3 is 4.90 Å². The summed E-state index contributed by atoms with van der Waals surface area (Å²) in [5.74, 6) is -0.0445. The van der Waals surface area contributed by atoms with Crippen LogP contribution in [0.25, 0.3) is 0 Å². The Kier molecular flexibility index (Phi) is 6.36. The van der Waals surface area contributed by atoms with Crippen molar-refractivity contribution in [2.75, 3.05) is 26.2 Å². The number of hydrogen-bond acceptors (Lipinski definition) is 5. The van der Waals surface area contributed by atoms with Crippen molar-refractivity contribution < 1.29 is 9.59 Å². The summed E-state index contributed by atoms with van der Waals surface area (Å²) in [6.45, 7) is 4.66. The smallest absolute Gasteiger partial charge is 0.270 e. The van der Waals surface area contributed by atoms with Gasteiger partial charge in [0, 0.05) is 50.4 Å². The number of nitrogens with zero attached hydrogens (tertiary/aromatic N) is 4. The van der Waals surface area contributed by atoms with Gasteiger partial charge in [-0.15, -0.1) is 11.3 Å².